The number of allylic oxidation sites excluding steroid dienone is 1. The van der Waals surface area contributed by atoms with E-state index in [9.17, 15) is 5.11 Å². The number of azo groups is 1. The molecule has 0 saturated carbocycles. The highest BCUT2D eigenvalue weighted by Crippen LogP contribution is 2.37. The molecule has 120 valence electrons. The third-order valence-corrected chi connectivity index (χ3v) is 3.71. The second kappa shape index (κ2) is 6.78. The highest BCUT2D eigenvalue weighted by molar-refractivity contribution is 5.59. The Morgan fingerprint density at radius 3 is 2.30 bits per heavy atom. The first kappa shape index (κ1) is 16.9. The van der Waals surface area contributed by atoms with Crippen molar-refractivity contribution >= 4 is 11.4 Å². The van der Waals surface area contributed by atoms with Crippen LogP contribution in [0.4, 0.5) is 11.4 Å². The fourth-order valence-electron chi connectivity index (χ4n) is 2.22. The Kier molecular flexibility index (Phi) is 4.99. The molecule has 0 aliphatic heterocycles. The van der Waals surface area contributed by atoms with Crippen LogP contribution in [-0.4, -0.2) is 5.11 Å². The lowest BCUT2D eigenvalue weighted by atomic mass is 9.85. The zero-order chi connectivity index (χ0) is 17.0. The molecule has 0 aliphatic rings. The molecule has 0 amide bonds. The van der Waals surface area contributed by atoms with Crippen LogP contribution >= 0.6 is 0 Å². The molecule has 0 unspecified atom stereocenters. The fraction of sp³-hybridized carbons (Fsp3) is 0.300. The molecule has 0 aromatic heterocycles. The molecule has 0 spiro atoms. The van der Waals surface area contributed by atoms with E-state index in [0.29, 0.717) is 12.1 Å². The largest absolute Gasteiger partial charge is 0.505 e. The average Bonchev–Trinajstić information content (AvgIpc) is 2.49. The van der Waals surface area contributed by atoms with Gasteiger partial charge >= 0.3 is 0 Å². The van der Waals surface area contributed by atoms with Crippen molar-refractivity contribution < 1.29 is 5.11 Å². The van der Waals surface area contributed by atoms with Crippen molar-refractivity contribution in [2.24, 2.45) is 10.2 Å². The Balaban J connectivity index is 2.45. The van der Waals surface area contributed by atoms with Gasteiger partial charge in [-0.3, -0.25) is 0 Å². The monoisotopic (exact) mass is 308 g/mol. The number of hydrogen-bond donors (Lipinski definition) is 1. The number of rotatable bonds is 4. The van der Waals surface area contributed by atoms with Crippen LogP contribution < -0.4 is 0 Å². The van der Waals surface area contributed by atoms with Crippen LogP contribution in [0.3, 0.4) is 0 Å². The van der Waals surface area contributed by atoms with Crippen LogP contribution in [0.1, 0.15) is 37.5 Å². The van der Waals surface area contributed by atoms with Crippen LogP contribution in [-0.2, 0) is 11.8 Å². The molecule has 2 aromatic carbocycles. The first-order valence-electron chi connectivity index (χ1n) is 7.77. The van der Waals surface area contributed by atoms with E-state index in [1.807, 2.05) is 43.3 Å². The summed E-state index contributed by atoms with van der Waals surface area (Å²) in [5.41, 5.74) is 4.35. The molecule has 0 saturated heterocycles. The summed E-state index contributed by atoms with van der Waals surface area (Å²) in [6.07, 6.45) is 2.38. The minimum absolute atomic E-state index is 0.0300. The second-order valence-corrected chi connectivity index (χ2v) is 6.78. The lowest BCUT2D eigenvalue weighted by Crippen LogP contribution is -2.11. The number of benzene rings is 2. The minimum atomic E-state index is -0.0300. The Morgan fingerprint density at radius 1 is 1.09 bits per heavy atom. The summed E-state index contributed by atoms with van der Waals surface area (Å²) < 4.78 is 0. The van der Waals surface area contributed by atoms with Gasteiger partial charge in [-0.2, -0.15) is 5.11 Å². The SMILES string of the molecule is C=CCc1cc(C(C)(C)C)cc(/N=N/c2ccc(C)cc2)c1O. The van der Waals surface area contributed by atoms with Crippen molar-refractivity contribution in [3.63, 3.8) is 0 Å². The van der Waals surface area contributed by atoms with Crippen LogP contribution in [0.25, 0.3) is 0 Å². The van der Waals surface area contributed by atoms with Gasteiger partial charge in [-0.1, -0.05) is 50.6 Å². The fourth-order valence-corrected chi connectivity index (χ4v) is 2.22. The average molecular weight is 308 g/mol. The van der Waals surface area contributed by atoms with Gasteiger partial charge in [-0.25, -0.2) is 0 Å². The molecule has 0 bridgehead atoms. The predicted octanol–water partition coefficient (Wildman–Crippen LogP) is 6.14. The summed E-state index contributed by atoms with van der Waals surface area (Å²) in [5, 5.41) is 18.9. The third kappa shape index (κ3) is 4.28. The maximum atomic E-state index is 10.4. The van der Waals surface area contributed by atoms with E-state index in [4.69, 9.17) is 0 Å². The minimum Gasteiger partial charge on any atom is -0.505 e. The molecule has 0 atom stereocenters. The van der Waals surface area contributed by atoms with Crippen molar-refractivity contribution in [2.75, 3.05) is 0 Å². The number of phenolic OH excluding ortho intramolecular Hbond substituents is 1. The van der Waals surface area contributed by atoms with Gasteiger partial charge in [-0.15, -0.1) is 11.7 Å². The molecule has 2 rings (SSSR count). The highest BCUT2D eigenvalue weighted by atomic mass is 16.3. The maximum absolute atomic E-state index is 10.4. The molecule has 0 heterocycles. The summed E-state index contributed by atoms with van der Waals surface area (Å²) in [6.45, 7) is 12.2. The lowest BCUT2D eigenvalue weighted by molar-refractivity contribution is 0.469. The first-order chi connectivity index (χ1) is 10.8. The van der Waals surface area contributed by atoms with Gasteiger partial charge in [0.05, 0.1) is 5.69 Å². The quantitative estimate of drug-likeness (QED) is 0.535. The smallest absolute Gasteiger partial charge is 0.146 e. The van der Waals surface area contributed by atoms with Crippen molar-refractivity contribution in [3.8, 4) is 5.75 Å². The molecular weight excluding hydrogens is 284 g/mol. The predicted molar refractivity (Wildman–Crippen MR) is 96.1 cm³/mol. The topological polar surface area (TPSA) is 45.0 Å². The summed E-state index contributed by atoms with van der Waals surface area (Å²) in [4.78, 5) is 0. The molecule has 1 N–H and O–H groups in total. The Labute approximate surface area is 138 Å². The molecule has 2 aromatic rings. The molecule has 3 nitrogen and oxygen atoms in total. The zero-order valence-corrected chi connectivity index (χ0v) is 14.3. The van der Waals surface area contributed by atoms with E-state index in [1.54, 1.807) is 6.08 Å². The standard InChI is InChI=1S/C20H24N2O/c1-6-7-15-12-16(20(3,4)5)13-18(19(15)23)22-21-17-10-8-14(2)9-11-17/h6,8-13,23H,1,7H2,2-5H3/b22-21+. The Morgan fingerprint density at radius 2 is 1.74 bits per heavy atom. The van der Waals surface area contributed by atoms with E-state index < -0.39 is 0 Å². The normalized spacial score (nSPS) is 11.8. The van der Waals surface area contributed by atoms with Crippen LogP contribution in [0.2, 0.25) is 0 Å². The lowest BCUT2D eigenvalue weighted by Gasteiger charge is -2.21. The summed E-state index contributed by atoms with van der Waals surface area (Å²) >= 11 is 0. The van der Waals surface area contributed by atoms with Crippen molar-refractivity contribution in [3.05, 3.63) is 65.7 Å². The van der Waals surface area contributed by atoms with Gasteiger partial charge in [-0.05, 0) is 42.5 Å². The number of aryl methyl sites for hydroxylation is 1. The molecule has 0 aliphatic carbocycles. The van der Waals surface area contributed by atoms with E-state index in [1.165, 1.54) is 5.56 Å². The van der Waals surface area contributed by atoms with E-state index in [-0.39, 0.29) is 11.2 Å². The molecular formula is C20H24N2O. The maximum Gasteiger partial charge on any atom is 0.146 e. The van der Waals surface area contributed by atoms with Gasteiger partial charge in [0.2, 0.25) is 0 Å². The van der Waals surface area contributed by atoms with Crippen molar-refractivity contribution in [1.82, 2.24) is 0 Å². The number of phenols is 1. The van der Waals surface area contributed by atoms with Crippen molar-refractivity contribution in [2.45, 2.75) is 39.5 Å². The van der Waals surface area contributed by atoms with Crippen LogP contribution in [0, 0.1) is 6.92 Å². The summed E-state index contributed by atoms with van der Waals surface area (Å²) in [6, 6.07) is 11.7. The van der Waals surface area contributed by atoms with Crippen molar-refractivity contribution in [1.29, 1.82) is 0 Å². The first-order valence-corrected chi connectivity index (χ1v) is 7.77. The summed E-state index contributed by atoms with van der Waals surface area (Å²) in [7, 11) is 0. The number of hydrogen-bond acceptors (Lipinski definition) is 3. The Bertz CT molecular complexity index is 723. The van der Waals surface area contributed by atoms with Gasteiger partial charge < -0.3 is 5.11 Å². The van der Waals surface area contributed by atoms with E-state index in [2.05, 4.69) is 37.6 Å². The van der Waals surface area contributed by atoms with Gasteiger partial charge in [0.15, 0.2) is 0 Å². The highest BCUT2D eigenvalue weighted by Gasteiger charge is 2.18. The van der Waals surface area contributed by atoms with Crippen LogP contribution in [0.15, 0.2) is 59.3 Å². The molecule has 23 heavy (non-hydrogen) atoms. The van der Waals surface area contributed by atoms with Gasteiger partial charge in [0.1, 0.15) is 11.4 Å². The Hall–Kier alpha value is -2.42. The van der Waals surface area contributed by atoms with Crippen LogP contribution in [0.5, 0.6) is 5.75 Å². The van der Waals surface area contributed by atoms with E-state index in [0.717, 1.165) is 16.8 Å². The number of nitrogens with zero attached hydrogens (tertiary/aromatic N) is 2. The molecule has 0 radical (unpaired) electrons. The zero-order valence-electron chi connectivity index (χ0n) is 14.3. The third-order valence-electron chi connectivity index (χ3n) is 3.71. The van der Waals surface area contributed by atoms with Gasteiger partial charge in [0.25, 0.3) is 0 Å². The number of aromatic hydroxyl groups is 1. The van der Waals surface area contributed by atoms with E-state index >= 15 is 0 Å². The molecule has 0 fully saturated rings. The van der Waals surface area contributed by atoms with Gasteiger partial charge in [0, 0.05) is 5.56 Å². The second-order valence-electron chi connectivity index (χ2n) is 6.78. The molecule has 3 heteroatoms. The summed E-state index contributed by atoms with van der Waals surface area (Å²) in [5.74, 6) is 0.175.